The van der Waals surface area contributed by atoms with Gasteiger partial charge < -0.3 is 15.7 Å². The van der Waals surface area contributed by atoms with Gasteiger partial charge in [0.2, 0.25) is 17.0 Å². The number of carbonyl (C=O) groups is 5. The van der Waals surface area contributed by atoms with Crippen molar-refractivity contribution in [3.05, 3.63) is 33.7 Å². The van der Waals surface area contributed by atoms with Gasteiger partial charge in [0.05, 0.1) is 0 Å². The monoisotopic (exact) mass is 567 g/mol. The second kappa shape index (κ2) is 11.2. The fourth-order valence-corrected chi connectivity index (χ4v) is 6.67. The lowest BCUT2D eigenvalue weighted by Crippen LogP contribution is -2.71. The first-order valence-electron chi connectivity index (χ1n) is 10.6. The van der Waals surface area contributed by atoms with E-state index in [9.17, 15) is 29.1 Å². The van der Waals surface area contributed by atoms with Crippen LogP contribution in [-0.2, 0) is 26.2 Å². The van der Waals surface area contributed by atoms with Crippen molar-refractivity contribution >= 4 is 64.6 Å². The molecule has 4 heterocycles. The molecule has 2 aliphatic rings. The first-order chi connectivity index (χ1) is 17.7. The third-order valence-electron chi connectivity index (χ3n) is 5.22. The minimum Gasteiger partial charge on any atom is -0.477 e. The molecule has 1 fully saturated rings. The number of thioether (sulfide) groups is 2. The number of carboxylic acid groups (broad SMARTS) is 1. The summed E-state index contributed by atoms with van der Waals surface area (Å²) in [4.78, 5) is 63.1. The number of aliphatic carboxylic acids is 1. The number of aromatic nitrogens is 4. The summed E-state index contributed by atoms with van der Waals surface area (Å²) in [5.41, 5.74) is 4.65. The van der Waals surface area contributed by atoms with Gasteiger partial charge in [-0.15, -0.1) is 28.2 Å². The van der Waals surface area contributed by atoms with Gasteiger partial charge in [-0.25, -0.2) is 19.7 Å². The quantitative estimate of drug-likeness (QED) is 0.152. The van der Waals surface area contributed by atoms with Gasteiger partial charge in [-0.1, -0.05) is 17.8 Å². The van der Waals surface area contributed by atoms with Gasteiger partial charge in [-0.05, 0) is 27.4 Å². The first-order valence-corrected chi connectivity index (χ1v) is 13.5. The molecule has 2 aliphatic heterocycles. The minimum absolute atomic E-state index is 0.121. The number of carboxylic acids is 1. The van der Waals surface area contributed by atoms with Crippen molar-refractivity contribution in [1.29, 1.82) is 0 Å². The number of thiophene rings is 1. The summed E-state index contributed by atoms with van der Waals surface area (Å²) < 4.78 is 1.46. The van der Waals surface area contributed by atoms with E-state index in [-0.39, 0.29) is 11.4 Å². The molecule has 0 radical (unpaired) electrons. The van der Waals surface area contributed by atoms with Gasteiger partial charge in [0.1, 0.15) is 23.2 Å². The predicted molar refractivity (Wildman–Crippen MR) is 132 cm³/mol. The van der Waals surface area contributed by atoms with Crippen LogP contribution < -0.4 is 21.5 Å². The third-order valence-corrected chi connectivity index (χ3v) is 8.60. The Balaban J connectivity index is 1.45. The largest absolute Gasteiger partial charge is 0.477 e. The molecule has 0 bridgehead atoms. The summed E-state index contributed by atoms with van der Waals surface area (Å²) in [6.07, 6.45) is 0. The zero-order valence-corrected chi connectivity index (χ0v) is 21.8. The molecule has 2 aromatic heterocycles. The lowest BCUT2D eigenvalue weighted by Gasteiger charge is -2.49. The highest BCUT2D eigenvalue weighted by Crippen LogP contribution is 2.41. The van der Waals surface area contributed by atoms with Crippen molar-refractivity contribution in [2.45, 2.75) is 29.5 Å². The van der Waals surface area contributed by atoms with Crippen molar-refractivity contribution in [3.8, 4) is 0 Å². The van der Waals surface area contributed by atoms with Crippen LogP contribution in [0.4, 0.5) is 4.79 Å². The number of nitrogens with zero attached hydrogens (tertiary/aromatic N) is 5. The number of aryl methyl sites for hydroxylation is 1. The molecule has 3 atom stereocenters. The van der Waals surface area contributed by atoms with E-state index in [1.54, 1.807) is 24.6 Å². The summed E-state index contributed by atoms with van der Waals surface area (Å²) in [6, 6.07) is 0.382. The zero-order chi connectivity index (χ0) is 26.7. The van der Waals surface area contributed by atoms with Crippen LogP contribution >= 0.6 is 34.9 Å². The van der Waals surface area contributed by atoms with Crippen molar-refractivity contribution in [2.24, 2.45) is 7.05 Å². The number of β-lactam (4-membered cyclic amide) rings is 1. The molecule has 2 aromatic rings. The van der Waals surface area contributed by atoms with E-state index in [1.807, 2.05) is 0 Å². The molecule has 37 heavy (non-hydrogen) atoms. The number of hydrogen-bond donors (Lipinski definition) is 5. The van der Waals surface area contributed by atoms with Crippen molar-refractivity contribution in [3.63, 3.8) is 0 Å². The molecule has 5 N–H and O–H groups in total. The summed E-state index contributed by atoms with van der Waals surface area (Å²) in [5, 5.41) is 27.7. The maximum atomic E-state index is 13.1. The van der Waals surface area contributed by atoms with Gasteiger partial charge in [0.25, 0.3) is 5.91 Å². The van der Waals surface area contributed by atoms with E-state index in [2.05, 4.69) is 37.0 Å². The van der Waals surface area contributed by atoms with E-state index in [0.717, 1.165) is 0 Å². The van der Waals surface area contributed by atoms with Crippen molar-refractivity contribution < 1.29 is 29.1 Å². The Kier molecular flexibility index (Phi) is 7.98. The highest BCUT2D eigenvalue weighted by atomic mass is 32.2. The molecule has 196 valence electrons. The minimum atomic E-state index is -1.25. The van der Waals surface area contributed by atoms with E-state index in [1.165, 1.54) is 51.4 Å². The van der Waals surface area contributed by atoms with Crippen LogP contribution in [0.25, 0.3) is 0 Å². The lowest BCUT2D eigenvalue weighted by molar-refractivity contribution is -0.150. The Morgan fingerprint density at radius 3 is 2.70 bits per heavy atom. The second-order valence-corrected chi connectivity index (χ2v) is 10.8. The predicted octanol–water partition coefficient (Wildman–Crippen LogP) is -0.806. The molecule has 0 aliphatic carbocycles. The number of amides is 5. The lowest BCUT2D eigenvalue weighted by atomic mass is 10.0. The smallest absolute Gasteiger partial charge is 0.352 e. The Bertz CT molecular complexity index is 1260. The van der Waals surface area contributed by atoms with Crippen LogP contribution in [0.15, 0.2) is 33.9 Å². The molecule has 2 unspecified atom stereocenters. The topological polar surface area (TPSA) is 201 Å². The standard InChI is InChI=1S/C19H21N9O6S3/c1-8(29)22-23-18(34)21-11(10-4-3-5-35-10)14(30)20-12-15(31)28-13(17(32)33)9(6-36-16(12)28)7-37-19-24-25-26-27(19)2/h3-5,11-12,16H,6-7H2,1-2H3,(H,20,30)(H,22,29)(H,32,33)(H2,21,23,34)/t11?,12-,16?/m0/s1. The van der Waals surface area contributed by atoms with E-state index in [0.29, 0.717) is 21.4 Å². The Morgan fingerprint density at radius 2 is 2.08 bits per heavy atom. The molecule has 0 spiro atoms. The van der Waals surface area contributed by atoms with Crippen LogP contribution in [0.5, 0.6) is 0 Å². The van der Waals surface area contributed by atoms with Crippen LogP contribution in [0, 0.1) is 0 Å². The number of rotatable bonds is 8. The average Bonchev–Trinajstić information content (AvgIpc) is 3.54. The van der Waals surface area contributed by atoms with E-state index in [4.69, 9.17) is 0 Å². The maximum Gasteiger partial charge on any atom is 0.352 e. The Morgan fingerprint density at radius 1 is 1.30 bits per heavy atom. The average molecular weight is 568 g/mol. The van der Waals surface area contributed by atoms with Gasteiger partial charge in [-0.3, -0.25) is 24.7 Å². The normalized spacial score (nSPS) is 19.4. The number of fused-ring (bicyclic) bond motifs is 1. The summed E-state index contributed by atoms with van der Waals surface area (Å²) >= 11 is 3.79. The number of hydrazine groups is 1. The van der Waals surface area contributed by atoms with Crippen LogP contribution in [0.3, 0.4) is 0 Å². The van der Waals surface area contributed by atoms with Crippen LogP contribution in [-0.4, -0.2) is 82.9 Å². The van der Waals surface area contributed by atoms with E-state index >= 15 is 0 Å². The first kappa shape index (κ1) is 26.4. The Hall–Kier alpha value is -3.64. The molecule has 5 amide bonds. The van der Waals surface area contributed by atoms with Gasteiger partial charge in [0.15, 0.2) is 0 Å². The molecule has 0 aromatic carbocycles. The summed E-state index contributed by atoms with van der Waals surface area (Å²) in [7, 11) is 1.66. The van der Waals surface area contributed by atoms with Gasteiger partial charge in [0, 0.05) is 30.4 Å². The highest BCUT2D eigenvalue weighted by Gasteiger charge is 2.54. The Labute approximate surface area is 221 Å². The maximum absolute atomic E-state index is 13.1. The molecule has 4 rings (SSSR count). The molecule has 15 nitrogen and oxygen atoms in total. The van der Waals surface area contributed by atoms with Crippen LogP contribution in [0.2, 0.25) is 0 Å². The highest BCUT2D eigenvalue weighted by molar-refractivity contribution is 8.01. The number of carbonyl (C=O) groups excluding carboxylic acids is 4. The van der Waals surface area contributed by atoms with E-state index < -0.39 is 47.2 Å². The fraction of sp³-hybridized carbons (Fsp3) is 0.368. The number of nitrogens with one attached hydrogen (secondary N) is 4. The zero-order valence-electron chi connectivity index (χ0n) is 19.3. The molecule has 18 heteroatoms. The summed E-state index contributed by atoms with van der Waals surface area (Å²) in [5.74, 6) is -2.39. The van der Waals surface area contributed by atoms with Crippen molar-refractivity contribution in [1.82, 2.24) is 46.6 Å². The SMILES string of the molecule is CC(=O)NNC(=O)NC(C(=O)N[C@H]1C(=O)N2C(C(=O)O)=C(CSc3nnnn3C)CSC12)c1cccs1. The second-order valence-electron chi connectivity index (χ2n) is 7.76. The fourth-order valence-electron chi connectivity index (χ4n) is 3.56. The number of hydrogen-bond acceptors (Lipinski definition) is 11. The third kappa shape index (κ3) is 5.70. The van der Waals surface area contributed by atoms with Crippen LogP contribution in [0.1, 0.15) is 17.8 Å². The molecular weight excluding hydrogens is 546 g/mol. The van der Waals surface area contributed by atoms with Gasteiger partial charge in [-0.2, -0.15) is 0 Å². The summed E-state index contributed by atoms with van der Waals surface area (Å²) in [6.45, 7) is 1.20. The molecular formula is C19H21N9O6S3. The molecule has 1 saturated heterocycles. The van der Waals surface area contributed by atoms with Gasteiger partial charge >= 0.3 is 12.0 Å². The van der Waals surface area contributed by atoms with Crippen molar-refractivity contribution in [2.75, 3.05) is 11.5 Å². The number of urea groups is 1. The molecule has 0 saturated carbocycles. The number of tetrazole rings is 1.